The van der Waals surface area contributed by atoms with Crippen molar-refractivity contribution < 1.29 is 4.84 Å². The van der Waals surface area contributed by atoms with E-state index >= 15 is 0 Å². The molecule has 0 unspecified atom stereocenters. The Morgan fingerprint density at radius 1 is 1.13 bits per heavy atom. The molecular formula is C12H26N2O. The first kappa shape index (κ1) is 12.9. The number of nitrogens with two attached hydrogens (primary N) is 1. The maximum atomic E-state index is 5.91. The van der Waals surface area contributed by atoms with Crippen LogP contribution in [0.25, 0.3) is 0 Å². The summed E-state index contributed by atoms with van der Waals surface area (Å²) in [5.41, 5.74) is 5.78. The summed E-state index contributed by atoms with van der Waals surface area (Å²) in [7, 11) is 0. The summed E-state index contributed by atoms with van der Waals surface area (Å²) in [4.78, 5) is 5.91. The average Bonchev–Trinajstić information content (AvgIpc) is 2.09. The van der Waals surface area contributed by atoms with Crippen molar-refractivity contribution in [3.05, 3.63) is 0 Å². The Balaban J connectivity index is 2.60. The molecule has 0 aromatic heterocycles. The van der Waals surface area contributed by atoms with Crippen LogP contribution in [0.15, 0.2) is 0 Å². The Hall–Kier alpha value is -0.120. The number of piperidine rings is 1. The standard InChI is InChI=1S/C12H26N2O/c1-11(2)7-5-8-12(3,4)14(11)15-10-6-9-13/h5-10,13H2,1-4H3. The van der Waals surface area contributed by atoms with E-state index in [2.05, 4.69) is 32.8 Å². The third-order valence-corrected chi connectivity index (χ3v) is 3.25. The van der Waals surface area contributed by atoms with Gasteiger partial charge in [0.05, 0.1) is 6.61 Å². The zero-order valence-corrected chi connectivity index (χ0v) is 10.7. The fraction of sp³-hybridized carbons (Fsp3) is 1.00. The first-order chi connectivity index (χ1) is 6.90. The fourth-order valence-corrected chi connectivity index (χ4v) is 2.56. The fourth-order valence-electron chi connectivity index (χ4n) is 2.56. The molecule has 1 heterocycles. The number of nitrogens with zero attached hydrogens (tertiary/aromatic N) is 1. The third-order valence-electron chi connectivity index (χ3n) is 3.25. The molecule has 0 bridgehead atoms. The summed E-state index contributed by atoms with van der Waals surface area (Å²) in [6.07, 6.45) is 4.64. The van der Waals surface area contributed by atoms with Crippen molar-refractivity contribution in [1.82, 2.24) is 5.06 Å². The predicted octanol–water partition coefficient (Wildman–Crippen LogP) is 2.31. The van der Waals surface area contributed by atoms with Crippen molar-refractivity contribution in [3.8, 4) is 0 Å². The second kappa shape index (κ2) is 4.81. The van der Waals surface area contributed by atoms with E-state index < -0.39 is 0 Å². The molecule has 3 heteroatoms. The van der Waals surface area contributed by atoms with Crippen molar-refractivity contribution in [2.75, 3.05) is 13.2 Å². The molecule has 0 amide bonds. The highest BCUT2D eigenvalue weighted by Crippen LogP contribution is 2.38. The molecule has 0 atom stereocenters. The molecule has 1 rings (SSSR count). The molecule has 0 spiro atoms. The molecule has 1 aliphatic rings. The van der Waals surface area contributed by atoms with Crippen LogP contribution in [0.3, 0.4) is 0 Å². The molecule has 1 saturated heterocycles. The van der Waals surface area contributed by atoms with E-state index in [0.29, 0.717) is 6.54 Å². The van der Waals surface area contributed by atoms with Gasteiger partial charge in [0, 0.05) is 11.1 Å². The van der Waals surface area contributed by atoms with E-state index in [-0.39, 0.29) is 11.1 Å². The van der Waals surface area contributed by atoms with E-state index in [1.807, 2.05) is 0 Å². The van der Waals surface area contributed by atoms with Gasteiger partial charge in [-0.1, -0.05) is 0 Å². The molecular weight excluding hydrogens is 188 g/mol. The van der Waals surface area contributed by atoms with Crippen LogP contribution in [-0.2, 0) is 4.84 Å². The molecule has 0 aromatic rings. The summed E-state index contributed by atoms with van der Waals surface area (Å²) < 4.78 is 0. The topological polar surface area (TPSA) is 38.5 Å². The highest BCUT2D eigenvalue weighted by atomic mass is 16.7. The van der Waals surface area contributed by atoms with Crippen LogP contribution in [0.2, 0.25) is 0 Å². The minimum Gasteiger partial charge on any atom is -0.330 e. The normalized spacial score (nSPS) is 25.4. The summed E-state index contributed by atoms with van der Waals surface area (Å²) in [5.74, 6) is 0. The van der Waals surface area contributed by atoms with Gasteiger partial charge in [0.1, 0.15) is 0 Å². The van der Waals surface area contributed by atoms with Gasteiger partial charge in [0.15, 0.2) is 0 Å². The van der Waals surface area contributed by atoms with Gasteiger partial charge < -0.3 is 5.73 Å². The summed E-state index contributed by atoms with van der Waals surface area (Å²) in [5, 5.41) is 2.19. The Bertz CT molecular complexity index is 186. The molecule has 0 saturated carbocycles. The van der Waals surface area contributed by atoms with Gasteiger partial charge in [-0.15, -0.1) is 0 Å². The lowest BCUT2D eigenvalue weighted by Gasteiger charge is -2.51. The molecule has 2 N–H and O–H groups in total. The molecule has 0 aromatic carbocycles. The highest BCUT2D eigenvalue weighted by Gasteiger charge is 2.42. The maximum Gasteiger partial charge on any atom is 0.0697 e. The van der Waals surface area contributed by atoms with Crippen molar-refractivity contribution in [1.29, 1.82) is 0 Å². The average molecular weight is 214 g/mol. The zero-order chi connectivity index (χ0) is 11.5. The minimum atomic E-state index is 0.149. The van der Waals surface area contributed by atoms with E-state index in [4.69, 9.17) is 10.6 Å². The van der Waals surface area contributed by atoms with Crippen LogP contribution >= 0.6 is 0 Å². The molecule has 90 valence electrons. The largest absolute Gasteiger partial charge is 0.330 e. The summed E-state index contributed by atoms with van der Waals surface area (Å²) in [6, 6.07) is 0. The van der Waals surface area contributed by atoms with Crippen LogP contribution < -0.4 is 5.73 Å². The SMILES string of the molecule is CC1(C)CCCC(C)(C)N1OCCCN. The first-order valence-electron chi connectivity index (χ1n) is 6.03. The van der Waals surface area contributed by atoms with Crippen molar-refractivity contribution in [2.45, 2.75) is 64.5 Å². The van der Waals surface area contributed by atoms with E-state index in [0.717, 1.165) is 13.0 Å². The molecule has 1 aliphatic heterocycles. The van der Waals surface area contributed by atoms with E-state index in [9.17, 15) is 0 Å². The quantitative estimate of drug-likeness (QED) is 0.730. The van der Waals surface area contributed by atoms with Gasteiger partial charge in [-0.3, -0.25) is 4.84 Å². The molecule has 0 radical (unpaired) electrons. The monoisotopic (exact) mass is 214 g/mol. The van der Waals surface area contributed by atoms with Gasteiger partial charge in [-0.25, -0.2) is 0 Å². The van der Waals surface area contributed by atoms with E-state index in [1.54, 1.807) is 0 Å². The lowest BCUT2D eigenvalue weighted by molar-refractivity contribution is -0.280. The van der Waals surface area contributed by atoms with Crippen LogP contribution in [0, 0.1) is 0 Å². The molecule has 3 nitrogen and oxygen atoms in total. The maximum absolute atomic E-state index is 5.91. The highest BCUT2D eigenvalue weighted by molar-refractivity contribution is 4.92. The van der Waals surface area contributed by atoms with Crippen LogP contribution in [0.4, 0.5) is 0 Å². The van der Waals surface area contributed by atoms with Crippen molar-refractivity contribution in [3.63, 3.8) is 0 Å². The summed E-state index contributed by atoms with van der Waals surface area (Å²) in [6.45, 7) is 10.5. The molecule has 1 fully saturated rings. The Morgan fingerprint density at radius 3 is 2.13 bits per heavy atom. The molecule has 0 aliphatic carbocycles. The van der Waals surface area contributed by atoms with Crippen molar-refractivity contribution in [2.24, 2.45) is 5.73 Å². The second-order valence-electron chi connectivity index (χ2n) is 5.75. The van der Waals surface area contributed by atoms with Crippen LogP contribution in [0.1, 0.15) is 53.4 Å². The zero-order valence-electron chi connectivity index (χ0n) is 10.7. The van der Waals surface area contributed by atoms with Gasteiger partial charge in [0.2, 0.25) is 0 Å². The van der Waals surface area contributed by atoms with Gasteiger partial charge in [0.25, 0.3) is 0 Å². The van der Waals surface area contributed by atoms with Gasteiger partial charge in [-0.2, -0.15) is 5.06 Å². The molecule has 15 heavy (non-hydrogen) atoms. The Labute approximate surface area is 93.9 Å². The number of hydroxylamine groups is 2. The predicted molar refractivity (Wildman–Crippen MR) is 63.5 cm³/mol. The Morgan fingerprint density at radius 2 is 1.67 bits per heavy atom. The second-order valence-corrected chi connectivity index (χ2v) is 5.75. The van der Waals surface area contributed by atoms with Crippen LogP contribution in [0.5, 0.6) is 0 Å². The van der Waals surface area contributed by atoms with E-state index in [1.165, 1.54) is 19.3 Å². The van der Waals surface area contributed by atoms with Crippen LogP contribution in [-0.4, -0.2) is 29.3 Å². The minimum absolute atomic E-state index is 0.149. The number of hydrogen-bond donors (Lipinski definition) is 1. The lowest BCUT2D eigenvalue weighted by atomic mass is 9.82. The Kier molecular flexibility index (Phi) is 4.15. The number of hydrogen-bond acceptors (Lipinski definition) is 3. The summed E-state index contributed by atoms with van der Waals surface area (Å²) >= 11 is 0. The first-order valence-corrected chi connectivity index (χ1v) is 6.03. The van der Waals surface area contributed by atoms with Crippen molar-refractivity contribution >= 4 is 0 Å². The number of rotatable bonds is 4. The smallest absolute Gasteiger partial charge is 0.0697 e. The van der Waals surface area contributed by atoms with Gasteiger partial charge >= 0.3 is 0 Å². The lowest BCUT2D eigenvalue weighted by Crippen LogP contribution is -2.58. The third kappa shape index (κ3) is 3.16. The van der Waals surface area contributed by atoms with Gasteiger partial charge in [-0.05, 0) is 59.9 Å².